The number of nitrogens with zero attached hydrogens (tertiary/aromatic N) is 4. The largest absolute Gasteiger partial charge is 0.419 e. The molecule has 3 aromatic carbocycles. The van der Waals surface area contributed by atoms with Gasteiger partial charge in [-0.15, -0.1) is 20.4 Å². The lowest BCUT2D eigenvalue weighted by atomic mass is 10.1. The maximum atomic E-state index is 5.92. The van der Waals surface area contributed by atoms with E-state index in [-0.39, 0.29) is 5.25 Å². The molecule has 0 radical (unpaired) electrons. The van der Waals surface area contributed by atoms with Crippen LogP contribution in [0.2, 0.25) is 0 Å². The summed E-state index contributed by atoms with van der Waals surface area (Å²) < 4.78 is 5.92. The second-order valence-electron chi connectivity index (χ2n) is 6.84. The van der Waals surface area contributed by atoms with Crippen molar-refractivity contribution in [1.82, 2.24) is 20.4 Å². The second kappa shape index (κ2) is 8.08. The zero-order chi connectivity index (χ0) is 20.3. The summed E-state index contributed by atoms with van der Waals surface area (Å²) in [4.78, 5) is 0. The van der Waals surface area contributed by atoms with E-state index in [9.17, 15) is 0 Å². The second-order valence-corrected chi connectivity index (χ2v) is 8.17. The highest BCUT2D eigenvalue weighted by Crippen LogP contribution is 2.38. The fraction of sp³-hybridized carbons (Fsp3) is 0.0833. The van der Waals surface area contributed by atoms with Gasteiger partial charge in [-0.3, -0.25) is 0 Å². The van der Waals surface area contributed by atoms with E-state index >= 15 is 0 Å². The summed E-state index contributed by atoms with van der Waals surface area (Å²) in [5, 5.41) is 20.4. The molecule has 30 heavy (non-hydrogen) atoms. The highest BCUT2D eigenvalue weighted by Gasteiger charge is 2.19. The quantitative estimate of drug-likeness (QED) is 0.321. The van der Waals surface area contributed by atoms with E-state index in [0.717, 1.165) is 32.6 Å². The zero-order valence-corrected chi connectivity index (χ0v) is 17.1. The van der Waals surface area contributed by atoms with Crippen LogP contribution in [0.15, 0.2) is 94.4 Å². The Bertz CT molecular complexity index is 1290. The van der Waals surface area contributed by atoms with Gasteiger partial charge >= 0.3 is 0 Å². The third kappa shape index (κ3) is 3.57. The van der Waals surface area contributed by atoms with Gasteiger partial charge in [-0.25, -0.2) is 0 Å². The lowest BCUT2D eigenvalue weighted by Crippen LogP contribution is -1.96. The van der Waals surface area contributed by atoms with Crippen LogP contribution in [0.1, 0.15) is 18.1 Å². The van der Waals surface area contributed by atoms with Crippen LogP contribution in [-0.2, 0) is 0 Å². The van der Waals surface area contributed by atoms with Crippen LogP contribution in [0.25, 0.3) is 33.5 Å². The predicted octanol–water partition coefficient (Wildman–Crippen LogP) is 6.20. The van der Waals surface area contributed by atoms with Crippen molar-refractivity contribution in [1.29, 1.82) is 0 Å². The fourth-order valence-corrected chi connectivity index (χ4v) is 4.21. The number of hydrogen-bond donors (Lipinski definition) is 0. The first-order chi connectivity index (χ1) is 14.8. The van der Waals surface area contributed by atoms with Crippen LogP contribution < -0.4 is 0 Å². The first kappa shape index (κ1) is 18.5. The summed E-state index contributed by atoms with van der Waals surface area (Å²) in [6, 6.07) is 28.1. The summed E-state index contributed by atoms with van der Waals surface area (Å²) in [7, 11) is 0. The maximum absolute atomic E-state index is 5.92. The standard InChI is InChI=1S/C24H18N4OS/c1-16(22-26-27-23(29-22)18-12-6-3-7-13-18)30-24-20-15-9-8-14-19(20)21(25-28-24)17-10-4-2-5-11-17/h2-16H,1H3/t16-/m0/s1. The highest BCUT2D eigenvalue weighted by atomic mass is 32.2. The molecular formula is C24H18N4OS. The Kier molecular flexibility index (Phi) is 4.99. The van der Waals surface area contributed by atoms with E-state index in [0.29, 0.717) is 11.8 Å². The van der Waals surface area contributed by atoms with Gasteiger partial charge in [0.25, 0.3) is 0 Å². The van der Waals surface area contributed by atoms with Gasteiger partial charge < -0.3 is 4.42 Å². The third-order valence-electron chi connectivity index (χ3n) is 4.80. The van der Waals surface area contributed by atoms with Crippen LogP contribution in [-0.4, -0.2) is 20.4 Å². The smallest absolute Gasteiger partial charge is 0.247 e. The topological polar surface area (TPSA) is 64.7 Å². The molecule has 0 saturated heterocycles. The summed E-state index contributed by atoms with van der Waals surface area (Å²) in [6.45, 7) is 2.04. The molecule has 5 rings (SSSR count). The molecular weight excluding hydrogens is 392 g/mol. The minimum atomic E-state index is -0.0600. The number of hydrogen-bond acceptors (Lipinski definition) is 6. The maximum Gasteiger partial charge on any atom is 0.247 e. The van der Waals surface area contributed by atoms with Gasteiger partial charge in [-0.1, -0.05) is 84.6 Å². The molecule has 0 bridgehead atoms. The Morgan fingerprint density at radius 1 is 0.667 bits per heavy atom. The van der Waals surface area contributed by atoms with Crippen LogP contribution in [0.5, 0.6) is 0 Å². The van der Waals surface area contributed by atoms with Gasteiger partial charge in [-0.05, 0) is 19.1 Å². The molecule has 0 unspecified atom stereocenters. The van der Waals surface area contributed by atoms with Crippen molar-refractivity contribution in [2.75, 3.05) is 0 Å². The van der Waals surface area contributed by atoms with Crippen molar-refractivity contribution < 1.29 is 4.42 Å². The Morgan fingerprint density at radius 2 is 1.30 bits per heavy atom. The van der Waals surface area contributed by atoms with Gasteiger partial charge in [0.2, 0.25) is 11.8 Å². The lowest BCUT2D eigenvalue weighted by Gasteiger charge is -2.11. The lowest BCUT2D eigenvalue weighted by molar-refractivity contribution is 0.509. The SMILES string of the molecule is C[C@H](Sc1nnc(-c2ccccc2)c2ccccc12)c1nnc(-c2ccccc2)o1. The molecule has 6 heteroatoms. The molecule has 0 aliphatic heterocycles. The summed E-state index contributed by atoms with van der Waals surface area (Å²) in [6.07, 6.45) is 0. The summed E-state index contributed by atoms with van der Waals surface area (Å²) >= 11 is 1.57. The van der Waals surface area contributed by atoms with Crippen LogP contribution in [0.3, 0.4) is 0 Å². The van der Waals surface area contributed by atoms with Gasteiger partial charge in [0.05, 0.1) is 5.25 Å². The molecule has 0 amide bonds. The predicted molar refractivity (Wildman–Crippen MR) is 119 cm³/mol. The molecule has 0 fully saturated rings. The van der Waals surface area contributed by atoms with E-state index < -0.39 is 0 Å². The van der Waals surface area contributed by atoms with Crippen molar-refractivity contribution in [3.8, 4) is 22.7 Å². The van der Waals surface area contributed by atoms with Crippen molar-refractivity contribution in [2.24, 2.45) is 0 Å². The normalized spacial score (nSPS) is 12.2. The molecule has 0 aliphatic rings. The molecule has 5 aromatic rings. The Hall–Kier alpha value is -3.51. The van der Waals surface area contributed by atoms with Crippen molar-refractivity contribution >= 4 is 22.5 Å². The van der Waals surface area contributed by atoms with Gasteiger partial charge in [-0.2, -0.15) is 0 Å². The molecule has 0 saturated carbocycles. The van der Waals surface area contributed by atoms with E-state index in [1.165, 1.54) is 0 Å². The monoisotopic (exact) mass is 410 g/mol. The highest BCUT2D eigenvalue weighted by molar-refractivity contribution is 7.99. The number of fused-ring (bicyclic) bond motifs is 1. The molecule has 0 N–H and O–H groups in total. The number of thioether (sulfide) groups is 1. The molecule has 146 valence electrons. The average molecular weight is 411 g/mol. The zero-order valence-electron chi connectivity index (χ0n) is 16.3. The Morgan fingerprint density at radius 3 is 2.03 bits per heavy atom. The first-order valence-corrected chi connectivity index (χ1v) is 10.5. The number of rotatable bonds is 5. The molecule has 5 nitrogen and oxygen atoms in total. The number of aromatic nitrogens is 4. The summed E-state index contributed by atoms with van der Waals surface area (Å²) in [5.41, 5.74) is 2.84. The minimum Gasteiger partial charge on any atom is -0.419 e. The average Bonchev–Trinajstić information content (AvgIpc) is 3.31. The molecule has 2 heterocycles. The molecule has 0 spiro atoms. The van der Waals surface area contributed by atoms with Gasteiger partial charge in [0, 0.05) is 21.9 Å². The van der Waals surface area contributed by atoms with Crippen LogP contribution in [0.4, 0.5) is 0 Å². The van der Waals surface area contributed by atoms with Crippen molar-refractivity contribution in [3.05, 3.63) is 90.8 Å². The Balaban J connectivity index is 1.47. The van der Waals surface area contributed by atoms with E-state index in [4.69, 9.17) is 4.42 Å². The van der Waals surface area contributed by atoms with Crippen LogP contribution in [0, 0.1) is 0 Å². The van der Waals surface area contributed by atoms with E-state index in [1.807, 2.05) is 67.6 Å². The van der Waals surface area contributed by atoms with E-state index in [1.54, 1.807) is 11.8 Å². The summed E-state index contributed by atoms with van der Waals surface area (Å²) in [5.74, 6) is 1.09. The molecule has 1 atom stereocenters. The first-order valence-electron chi connectivity index (χ1n) is 9.66. The van der Waals surface area contributed by atoms with Gasteiger partial charge in [0.1, 0.15) is 10.7 Å². The molecule has 0 aliphatic carbocycles. The minimum absolute atomic E-state index is 0.0600. The third-order valence-corrected chi connectivity index (χ3v) is 5.88. The van der Waals surface area contributed by atoms with E-state index in [2.05, 4.69) is 44.7 Å². The molecule has 2 aromatic heterocycles. The van der Waals surface area contributed by atoms with Crippen molar-refractivity contribution in [2.45, 2.75) is 17.2 Å². The van der Waals surface area contributed by atoms with Crippen LogP contribution >= 0.6 is 11.8 Å². The van der Waals surface area contributed by atoms with Crippen molar-refractivity contribution in [3.63, 3.8) is 0 Å². The number of benzene rings is 3. The fourth-order valence-electron chi connectivity index (χ4n) is 3.29. The van der Waals surface area contributed by atoms with Gasteiger partial charge in [0.15, 0.2) is 0 Å². The Labute approximate surface area is 178 Å².